The van der Waals surface area contributed by atoms with E-state index in [0.29, 0.717) is 6.42 Å². The van der Waals surface area contributed by atoms with Crippen molar-refractivity contribution in [3.63, 3.8) is 0 Å². The average Bonchev–Trinajstić information content (AvgIpc) is 2.57. The molecule has 0 bridgehead atoms. The van der Waals surface area contributed by atoms with Gasteiger partial charge in [0.1, 0.15) is 0 Å². The number of alkyl halides is 1. The second kappa shape index (κ2) is 4.09. The van der Waals surface area contributed by atoms with Crippen LogP contribution < -0.4 is 0 Å². The number of aryl methyl sites for hydroxylation is 1. The van der Waals surface area contributed by atoms with E-state index in [1.165, 1.54) is 11.1 Å². The van der Waals surface area contributed by atoms with E-state index in [1.807, 2.05) is 12.1 Å². The lowest BCUT2D eigenvalue weighted by molar-refractivity contribution is 0.0994. The normalized spacial score (nSPS) is 15.1. The largest absolute Gasteiger partial charge is 0.294 e. The Labute approximate surface area is 92.0 Å². The Morgan fingerprint density at radius 1 is 1.36 bits per heavy atom. The molecule has 0 spiro atoms. The lowest BCUT2D eigenvalue weighted by atomic mass is 10.1. The van der Waals surface area contributed by atoms with E-state index in [-0.39, 0.29) is 5.78 Å². The minimum atomic E-state index is 0.288. The highest BCUT2D eigenvalue weighted by atomic mass is 79.9. The summed E-state index contributed by atoms with van der Waals surface area (Å²) in [7, 11) is 0. The predicted octanol–water partition coefficient (Wildman–Crippen LogP) is 3.22. The first-order chi connectivity index (χ1) is 6.81. The van der Waals surface area contributed by atoms with Gasteiger partial charge in [0.05, 0.1) is 0 Å². The van der Waals surface area contributed by atoms with Gasteiger partial charge in [-0.25, -0.2) is 0 Å². The molecule has 1 nitrogen and oxygen atoms in total. The summed E-state index contributed by atoms with van der Waals surface area (Å²) in [5.74, 6) is 0.288. The molecule has 0 amide bonds. The Bertz CT molecular complexity index is 393. The van der Waals surface area contributed by atoms with Crippen molar-refractivity contribution >= 4 is 27.8 Å². The Hall–Kier alpha value is -0.890. The SMILES string of the molecule is O=C1CCc2cc(C=CCBr)ccc21. The molecule has 0 aliphatic heterocycles. The van der Waals surface area contributed by atoms with Gasteiger partial charge in [-0.3, -0.25) is 4.79 Å². The van der Waals surface area contributed by atoms with Crippen LogP contribution in [0.2, 0.25) is 0 Å². The Morgan fingerprint density at radius 3 is 3.00 bits per heavy atom. The molecule has 0 N–H and O–H groups in total. The van der Waals surface area contributed by atoms with Crippen LogP contribution in [0.5, 0.6) is 0 Å². The summed E-state index contributed by atoms with van der Waals surface area (Å²) in [6.07, 6.45) is 5.71. The zero-order chi connectivity index (χ0) is 9.97. The van der Waals surface area contributed by atoms with Gasteiger partial charge in [0.25, 0.3) is 0 Å². The van der Waals surface area contributed by atoms with Gasteiger partial charge < -0.3 is 0 Å². The molecule has 1 aromatic rings. The molecule has 14 heavy (non-hydrogen) atoms. The first-order valence-corrected chi connectivity index (χ1v) is 5.82. The molecule has 72 valence electrons. The number of rotatable bonds is 2. The number of halogens is 1. The van der Waals surface area contributed by atoms with Gasteiger partial charge in [0.15, 0.2) is 5.78 Å². The zero-order valence-electron chi connectivity index (χ0n) is 7.79. The van der Waals surface area contributed by atoms with Crippen LogP contribution >= 0.6 is 15.9 Å². The average molecular weight is 251 g/mol. The molecule has 0 aromatic heterocycles. The second-order valence-electron chi connectivity index (χ2n) is 3.40. The van der Waals surface area contributed by atoms with Crippen molar-refractivity contribution in [1.82, 2.24) is 0 Å². The van der Waals surface area contributed by atoms with Gasteiger partial charge in [0, 0.05) is 17.3 Å². The minimum absolute atomic E-state index is 0.288. The highest BCUT2D eigenvalue weighted by Crippen LogP contribution is 2.23. The first-order valence-electron chi connectivity index (χ1n) is 4.70. The lowest BCUT2D eigenvalue weighted by Gasteiger charge is -1.98. The number of carbonyl (C=O) groups excluding carboxylic acids is 1. The third-order valence-electron chi connectivity index (χ3n) is 2.45. The van der Waals surface area contributed by atoms with Crippen molar-refractivity contribution < 1.29 is 4.79 Å². The van der Waals surface area contributed by atoms with E-state index in [1.54, 1.807) is 0 Å². The number of benzene rings is 1. The van der Waals surface area contributed by atoms with Crippen LogP contribution in [0.25, 0.3) is 6.08 Å². The van der Waals surface area contributed by atoms with Crippen molar-refractivity contribution in [2.24, 2.45) is 0 Å². The summed E-state index contributed by atoms with van der Waals surface area (Å²) in [5, 5.41) is 0.864. The Morgan fingerprint density at radius 2 is 2.21 bits per heavy atom. The summed E-state index contributed by atoms with van der Waals surface area (Å²) in [6.45, 7) is 0. The van der Waals surface area contributed by atoms with Gasteiger partial charge in [-0.2, -0.15) is 0 Å². The van der Waals surface area contributed by atoms with Crippen molar-refractivity contribution in [3.8, 4) is 0 Å². The number of hydrogen-bond acceptors (Lipinski definition) is 1. The van der Waals surface area contributed by atoms with E-state index >= 15 is 0 Å². The fraction of sp³-hybridized carbons (Fsp3) is 0.250. The van der Waals surface area contributed by atoms with E-state index < -0.39 is 0 Å². The van der Waals surface area contributed by atoms with Crippen molar-refractivity contribution in [1.29, 1.82) is 0 Å². The van der Waals surface area contributed by atoms with E-state index in [9.17, 15) is 4.79 Å². The van der Waals surface area contributed by atoms with Crippen LogP contribution in [0, 0.1) is 0 Å². The first kappa shape index (κ1) is 9.66. The molecule has 2 rings (SSSR count). The van der Waals surface area contributed by atoms with Gasteiger partial charge in [-0.15, -0.1) is 0 Å². The van der Waals surface area contributed by atoms with Crippen LogP contribution in [0.3, 0.4) is 0 Å². The van der Waals surface area contributed by atoms with Gasteiger partial charge >= 0.3 is 0 Å². The summed E-state index contributed by atoms with van der Waals surface area (Å²) in [5.41, 5.74) is 3.30. The van der Waals surface area contributed by atoms with Gasteiger partial charge in [0.2, 0.25) is 0 Å². The smallest absolute Gasteiger partial charge is 0.163 e. The molecule has 0 radical (unpaired) electrons. The maximum absolute atomic E-state index is 11.4. The molecule has 0 heterocycles. The zero-order valence-corrected chi connectivity index (χ0v) is 9.38. The quantitative estimate of drug-likeness (QED) is 0.737. The molecule has 1 aliphatic rings. The van der Waals surface area contributed by atoms with Crippen LogP contribution in [-0.2, 0) is 6.42 Å². The monoisotopic (exact) mass is 250 g/mol. The van der Waals surface area contributed by atoms with Crippen molar-refractivity contribution in [2.45, 2.75) is 12.8 Å². The highest BCUT2D eigenvalue weighted by Gasteiger charge is 2.18. The summed E-state index contributed by atoms with van der Waals surface area (Å²) in [6, 6.07) is 6.05. The number of Topliss-reactive ketones (excluding diaryl/α,β-unsaturated/α-hetero) is 1. The number of fused-ring (bicyclic) bond motifs is 1. The molecule has 0 fully saturated rings. The number of carbonyl (C=O) groups is 1. The molecule has 1 aliphatic carbocycles. The van der Waals surface area contributed by atoms with E-state index in [0.717, 1.165) is 17.3 Å². The fourth-order valence-electron chi connectivity index (χ4n) is 1.76. The van der Waals surface area contributed by atoms with Crippen molar-refractivity contribution in [2.75, 3.05) is 5.33 Å². The van der Waals surface area contributed by atoms with Crippen LogP contribution in [0.15, 0.2) is 24.3 Å². The van der Waals surface area contributed by atoms with E-state index in [2.05, 4.69) is 34.1 Å². The number of allylic oxidation sites excluding steroid dienone is 1. The third-order valence-corrected chi connectivity index (χ3v) is 2.82. The molecule has 0 atom stereocenters. The van der Waals surface area contributed by atoms with Crippen LogP contribution in [0.1, 0.15) is 27.9 Å². The topological polar surface area (TPSA) is 17.1 Å². The lowest BCUT2D eigenvalue weighted by Crippen LogP contribution is -1.90. The minimum Gasteiger partial charge on any atom is -0.294 e. The summed E-state index contributed by atoms with van der Waals surface area (Å²) in [4.78, 5) is 11.4. The highest BCUT2D eigenvalue weighted by molar-refractivity contribution is 9.09. The molecular weight excluding hydrogens is 240 g/mol. The number of ketones is 1. The van der Waals surface area contributed by atoms with Crippen LogP contribution in [0.4, 0.5) is 0 Å². The molecule has 0 saturated carbocycles. The number of hydrogen-bond donors (Lipinski definition) is 0. The molecule has 1 aromatic carbocycles. The molecule has 0 saturated heterocycles. The Balaban J connectivity index is 2.32. The second-order valence-corrected chi connectivity index (χ2v) is 4.04. The van der Waals surface area contributed by atoms with Crippen LogP contribution in [-0.4, -0.2) is 11.1 Å². The fourth-order valence-corrected chi connectivity index (χ4v) is 1.95. The maximum Gasteiger partial charge on any atom is 0.163 e. The Kier molecular flexibility index (Phi) is 2.82. The molecule has 2 heteroatoms. The summed E-state index contributed by atoms with van der Waals surface area (Å²) >= 11 is 3.34. The van der Waals surface area contributed by atoms with Gasteiger partial charge in [-0.1, -0.05) is 46.3 Å². The maximum atomic E-state index is 11.4. The standard InChI is InChI=1S/C12H11BrO/c13-7-1-2-9-3-5-11-10(8-9)4-6-12(11)14/h1-3,5,8H,4,6-7H2. The van der Waals surface area contributed by atoms with Crippen molar-refractivity contribution in [3.05, 3.63) is 41.0 Å². The van der Waals surface area contributed by atoms with E-state index in [4.69, 9.17) is 0 Å². The molecule has 0 unspecified atom stereocenters. The predicted molar refractivity (Wildman–Crippen MR) is 61.9 cm³/mol. The molecular formula is C12H11BrO. The van der Waals surface area contributed by atoms with Gasteiger partial charge in [-0.05, 0) is 17.5 Å². The summed E-state index contributed by atoms with van der Waals surface area (Å²) < 4.78 is 0. The third kappa shape index (κ3) is 1.80.